The van der Waals surface area contributed by atoms with E-state index in [1.165, 1.54) is 20.0 Å². The summed E-state index contributed by atoms with van der Waals surface area (Å²) >= 11 is 2.27. The number of carbonyl (C=O) groups excluding carboxylic acids is 1. The molecule has 1 aromatic heterocycles. The van der Waals surface area contributed by atoms with Crippen LogP contribution in [0.1, 0.15) is 25.7 Å². The summed E-state index contributed by atoms with van der Waals surface area (Å²) in [5.41, 5.74) is 0. The summed E-state index contributed by atoms with van der Waals surface area (Å²) in [5.74, 6) is 1.54. The van der Waals surface area contributed by atoms with Crippen molar-refractivity contribution in [2.75, 3.05) is 32.1 Å². The zero-order chi connectivity index (χ0) is 15.9. The predicted molar refractivity (Wildman–Crippen MR) is 96.0 cm³/mol. The lowest BCUT2D eigenvalue weighted by Crippen LogP contribution is -2.38. The summed E-state index contributed by atoms with van der Waals surface area (Å²) in [6, 6.07) is 4.61. The number of rotatable bonds is 6. The minimum absolute atomic E-state index is 0.188. The third-order valence-corrected chi connectivity index (χ3v) is 4.88. The molecule has 0 atom stereocenters. The quantitative estimate of drug-likeness (QED) is 0.570. The molecule has 0 aliphatic heterocycles. The number of hydrogen-bond acceptors (Lipinski definition) is 5. The third kappa shape index (κ3) is 5.39. The van der Waals surface area contributed by atoms with E-state index in [1.807, 2.05) is 6.20 Å². The number of aromatic nitrogens is 1. The van der Waals surface area contributed by atoms with Crippen molar-refractivity contribution >= 4 is 34.4 Å². The number of pyridine rings is 1. The van der Waals surface area contributed by atoms with Crippen molar-refractivity contribution in [1.82, 2.24) is 10.3 Å². The molecule has 0 amide bonds. The van der Waals surface area contributed by atoms with Crippen LogP contribution in [0.4, 0.5) is 5.82 Å². The summed E-state index contributed by atoms with van der Waals surface area (Å²) in [6.07, 6.45) is 6.52. The van der Waals surface area contributed by atoms with Gasteiger partial charge in [0, 0.05) is 29.4 Å². The lowest BCUT2D eigenvalue weighted by Gasteiger charge is -2.32. The first kappa shape index (κ1) is 17.5. The molecule has 0 unspecified atom stereocenters. The minimum Gasteiger partial charge on any atom is -0.468 e. The molecule has 0 radical (unpaired) electrons. The van der Waals surface area contributed by atoms with Crippen LogP contribution in [0.5, 0.6) is 0 Å². The van der Waals surface area contributed by atoms with Gasteiger partial charge < -0.3 is 15.0 Å². The van der Waals surface area contributed by atoms with Crippen LogP contribution in [0.15, 0.2) is 18.3 Å². The molecular weight excluding hydrogens is 393 g/mol. The molecule has 122 valence electrons. The van der Waals surface area contributed by atoms with E-state index in [0.717, 1.165) is 28.8 Å². The average Bonchev–Trinajstić information content (AvgIpc) is 2.54. The van der Waals surface area contributed by atoms with Crippen molar-refractivity contribution in [3.63, 3.8) is 0 Å². The lowest BCUT2D eigenvalue weighted by molar-refractivity contribution is -0.139. The first-order valence-electron chi connectivity index (χ1n) is 7.71. The zero-order valence-corrected chi connectivity index (χ0v) is 15.4. The molecule has 1 fully saturated rings. The van der Waals surface area contributed by atoms with Crippen LogP contribution in [0.2, 0.25) is 0 Å². The SMILES string of the molecule is COC(=O)CNC1CCC(CN(C)c2ccc(I)cn2)CC1. The van der Waals surface area contributed by atoms with E-state index in [-0.39, 0.29) is 5.97 Å². The maximum atomic E-state index is 11.1. The molecule has 1 aliphatic carbocycles. The molecule has 1 heterocycles. The van der Waals surface area contributed by atoms with Gasteiger partial charge in [0.1, 0.15) is 5.82 Å². The molecule has 0 bridgehead atoms. The second kappa shape index (κ2) is 8.67. The number of hydrogen-bond donors (Lipinski definition) is 1. The zero-order valence-electron chi connectivity index (χ0n) is 13.2. The fourth-order valence-corrected chi connectivity index (χ4v) is 3.24. The number of halogens is 1. The highest BCUT2D eigenvalue weighted by Gasteiger charge is 2.22. The topological polar surface area (TPSA) is 54.5 Å². The highest BCUT2D eigenvalue weighted by molar-refractivity contribution is 14.1. The number of ether oxygens (including phenoxy) is 1. The molecule has 1 N–H and O–H groups in total. The number of carbonyl (C=O) groups is 1. The van der Waals surface area contributed by atoms with Crippen molar-refractivity contribution < 1.29 is 9.53 Å². The second-order valence-corrected chi connectivity index (χ2v) is 7.14. The fourth-order valence-electron chi connectivity index (χ4n) is 2.92. The Morgan fingerprint density at radius 3 is 2.73 bits per heavy atom. The number of nitrogens with one attached hydrogen (secondary N) is 1. The molecule has 0 saturated heterocycles. The first-order valence-corrected chi connectivity index (χ1v) is 8.79. The Hall–Kier alpha value is -0.890. The van der Waals surface area contributed by atoms with Gasteiger partial charge in [0.15, 0.2) is 0 Å². The maximum Gasteiger partial charge on any atom is 0.319 e. The predicted octanol–water partition coefficient (Wildman–Crippen LogP) is 2.44. The van der Waals surface area contributed by atoms with E-state index < -0.39 is 0 Å². The monoisotopic (exact) mass is 417 g/mol. The molecule has 0 aromatic carbocycles. The van der Waals surface area contributed by atoms with Crippen LogP contribution in [0, 0.1) is 9.49 Å². The third-order valence-electron chi connectivity index (χ3n) is 4.24. The molecule has 1 aliphatic rings. The second-order valence-electron chi connectivity index (χ2n) is 5.89. The Morgan fingerprint density at radius 1 is 1.41 bits per heavy atom. The molecular formula is C16H24IN3O2. The normalized spacial score (nSPS) is 21.4. The van der Waals surface area contributed by atoms with Crippen LogP contribution in [0.3, 0.4) is 0 Å². The summed E-state index contributed by atoms with van der Waals surface area (Å²) in [4.78, 5) is 17.9. The van der Waals surface area contributed by atoms with Gasteiger partial charge in [0.2, 0.25) is 0 Å². The van der Waals surface area contributed by atoms with Crippen LogP contribution >= 0.6 is 22.6 Å². The van der Waals surface area contributed by atoms with E-state index in [2.05, 4.69) is 61.7 Å². The molecule has 5 nitrogen and oxygen atoms in total. The van der Waals surface area contributed by atoms with Gasteiger partial charge in [-0.3, -0.25) is 4.79 Å². The van der Waals surface area contributed by atoms with Gasteiger partial charge in [-0.1, -0.05) is 0 Å². The highest BCUT2D eigenvalue weighted by atomic mass is 127. The van der Waals surface area contributed by atoms with Crippen molar-refractivity contribution in [2.45, 2.75) is 31.7 Å². The van der Waals surface area contributed by atoms with Crippen molar-refractivity contribution in [2.24, 2.45) is 5.92 Å². The van der Waals surface area contributed by atoms with Crippen LogP contribution < -0.4 is 10.2 Å². The number of esters is 1. The van der Waals surface area contributed by atoms with E-state index >= 15 is 0 Å². The smallest absolute Gasteiger partial charge is 0.319 e. The van der Waals surface area contributed by atoms with Gasteiger partial charge in [-0.15, -0.1) is 0 Å². The van der Waals surface area contributed by atoms with E-state index in [1.54, 1.807) is 0 Å². The fraction of sp³-hybridized carbons (Fsp3) is 0.625. The average molecular weight is 417 g/mol. The number of anilines is 1. The van der Waals surface area contributed by atoms with Gasteiger partial charge in [-0.2, -0.15) is 0 Å². The van der Waals surface area contributed by atoms with Crippen LogP contribution in [-0.2, 0) is 9.53 Å². The Morgan fingerprint density at radius 2 is 2.14 bits per heavy atom. The van der Waals surface area contributed by atoms with Gasteiger partial charge in [-0.05, 0) is 66.3 Å². The minimum atomic E-state index is -0.188. The van der Waals surface area contributed by atoms with E-state index in [9.17, 15) is 4.79 Å². The van der Waals surface area contributed by atoms with Gasteiger partial charge in [-0.25, -0.2) is 4.98 Å². The van der Waals surface area contributed by atoms with Crippen LogP contribution in [0.25, 0.3) is 0 Å². The highest BCUT2D eigenvalue weighted by Crippen LogP contribution is 2.26. The largest absolute Gasteiger partial charge is 0.468 e. The van der Waals surface area contributed by atoms with E-state index in [0.29, 0.717) is 18.5 Å². The van der Waals surface area contributed by atoms with Crippen molar-refractivity contribution in [3.05, 3.63) is 21.9 Å². The molecule has 0 spiro atoms. The Labute approximate surface area is 146 Å². The molecule has 6 heteroatoms. The summed E-state index contributed by atoms with van der Waals surface area (Å²) in [7, 11) is 3.53. The summed E-state index contributed by atoms with van der Waals surface area (Å²) in [6.45, 7) is 1.36. The van der Waals surface area contributed by atoms with Crippen LogP contribution in [-0.4, -0.2) is 44.2 Å². The lowest BCUT2D eigenvalue weighted by atomic mass is 9.85. The van der Waals surface area contributed by atoms with Crippen molar-refractivity contribution in [1.29, 1.82) is 0 Å². The number of nitrogens with zero attached hydrogens (tertiary/aromatic N) is 2. The molecule has 2 rings (SSSR count). The molecule has 1 aromatic rings. The van der Waals surface area contributed by atoms with Gasteiger partial charge in [0.25, 0.3) is 0 Å². The first-order chi connectivity index (χ1) is 10.6. The Kier molecular flexibility index (Phi) is 6.88. The summed E-state index contributed by atoms with van der Waals surface area (Å²) < 4.78 is 5.82. The standard InChI is InChI=1S/C16H24IN3O2/c1-20(15-8-5-13(17)9-19-15)11-12-3-6-14(7-4-12)18-10-16(21)22-2/h5,8-9,12,14,18H,3-4,6-7,10-11H2,1-2H3. The molecule has 1 saturated carbocycles. The van der Waals surface area contributed by atoms with Gasteiger partial charge >= 0.3 is 5.97 Å². The maximum absolute atomic E-state index is 11.1. The number of methoxy groups -OCH3 is 1. The molecule has 22 heavy (non-hydrogen) atoms. The Balaban J connectivity index is 1.72. The Bertz CT molecular complexity index is 473. The van der Waals surface area contributed by atoms with Crippen molar-refractivity contribution in [3.8, 4) is 0 Å². The van der Waals surface area contributed by atoms with E-state index in [4.69, 9.17) is 0 Å². The van der Waals surface area contributed by atoms with Gasteiger partial charge in [0.05, 0.1) is 13.7 Å². The summed E-state index contributed by atoms with van der Waals surface area (Å²) in [5, 5.41) is 3.28.